The lowest BCUT2D eigenvalue weighted by molar-refractivity contribution is 0.637. The highest BCUT2D eigenvalue weighted by atomic mass is 32.2. The summed E-state index contributed by atoms with van der Waals surface area (Å²) in [5.74, 6) is 2.05. The van der Waals surface area contributed by atoms with Crippen molar-refractivity contribution >= 4 is 17.6 Å². The summed E-state index contributed by atoms with van der Waals surface area (Å²) in [4.78, 5) is 1.27. The molecule has 88 valence electrons. The van der Waals surface area contributed by atoms with E-state index in [1.807, 2.05) is 24.8 Å². The monoisotopic (exact) mass is 236 g/mol. The second-order valence-electron chi connectivity index (χ2n) is 4.21. The Morgan fingerprint density at radius 1 is 1.50 bits per heavy atom. The van der Waals surface area contributed by atoms with Crippen molar-refractivity contribution in [1.82, 2.24) is 0 Å². The van der Waals surface area contributed by atoms with E-state index in [1.165, 1.54) is 11.3 Å². The van der Waals surface area contributed by atoms with E-state index < -0.39 is 0 Å². The minimum Gasteiger partial charge on any atom is -0.384 e. The van der Waals surface area contributed by atoms with E-state index >= 15 is 0 Å². The Kier molecular flexibility index (Phi) is 4.87. The minimum atomic E-state index is 0.149. The second-order valence-corrected chi connectivity index (χ2v) is 5.31. The highest BCUT2D eigenvalue weighted by molar-refractivity contribution is 7.99. The standard InChI is InChI=1S/C13H20N2S/c1-4-9(2)8-16-11-5-6-12(13(14)15)10(3)7-11/h5-7,9H,4,8H2,1-3H3,(H3,14,15). The molecule has 0 spiro atoms. The van der Waals surface area contributed by atoms with Gasteiger partial charge in [0.05, 0.1) is 0 Å². The van der Waals surface area contributed by atoms with E-state index in [1.54, 1.807) is 0 Å². The van der Waals surface area contributed by atoms with Crippen molar-refractivity contribution in [2.45, 2.75) is 32.1 Å². The largest absolute Gasteiger partial charge is 0.384 e. The van der Waals surface area contributed by atoms with Gasteiger partial charge < -0.3 is 5.73 Å². The van der Waals surface area contributed by atoms with Gasteiger partial charge in [-0.1, -0.05) is 20.3 Å². The predicted octanol–water partition coefficient (Wildman–Crippen LogP) is 3.42. The summed E-state index contributed by atoms with van der Waals surface area (Å²) in [5, 5.41) is 7.42. The fourth-order valence-corrected chi connectivity index (χ4v) is 2.52. The van der Waals surface area contributed by atoms with Gasteiger partial charge in [0.2, 0.25) is 0 Å². The van der Waals surface area contributed by atoms with Crippen LogP contribution in [0.2, 0.25) is 0 Å². The van der Waals surface area contributed by atoms with Gasteiger partial charge in [0.1, 0.15) is 5.84 Å². The predicted molar refractivity (Wildman–Crippen MR) is 72.4 cm³/mol. The SMILES string of the molecule is CCC(C)CSc1ccc(C(=N)N)c(C)c1. The first-order chi connectivity index (χ1) is 7.54. The van der Waals surface area contributed by atoms with Crippen LogP contribution in [0.15, 0.2) is 23.1 Å². The van der Waals surface area contributed by atoms with Crippen molar-refractivity contribution in [2.75, 3.05) is 5.75 Å². The molecule has 1 rings (SSSR count). The molecule has 1 aromatic carbocycles. The fraction of sp³-hybridized carbons (Fsp3) is 0.462. The van der Waals surface area contributed by atoms with Crippen molar-refractivity contribution in [3.63, 3.8) is 0 Å². The van der Waals surface area contributed by atoms with Crippen LogP contribution in [0.4, 0.5) is 0 Å². The third-order valence-electron chi connectivity index (χ3n) is 2.72. The average molecular weight is 236 g/mol. The number of nitrogen functional groups attached to an aromatic ring is 1. The number of amidine groups is 1. The van der Waals surface area contributed by atoms with Gasteiger partial charge in [-0.25, -0.2) is 0 Å². The maximum Gasteiger partial charge on any atom is 0.123 e. The Morgan fingerprint density at radius 2 is 2.19 bits per heavy atom. The molecule has 2 nitrogen and oxygen atoms in total. The van der Waals surface area contributed by atoms with Crippen LogP contribution in [0.5, 0.6) is 0 Å². The summed E-state index contributed by atoms with van der Waals surface area (Å²) in [6.45, 7) is 6.49. The Balaban J connectivity index is 2.70. The molecular formula is C13H20N2S. The quantitative estimate of drug-likeness (QED) is 0.467. The molecule has 0 aliphatic heterocycles. The van der Waals surface area contributed by atoms with Crippen LogP contribution in [0.25, 0.3) is 0 Å². The van der Waals surface area contributed by atoms with Gasteiger partial charge in [0.25, 0.3) is 0 Å². The molecule has 1 unspecified atom stereocenters. The number of rotatable bonds is 5. The highest BCUT2D eigenvalue weighted by Crippen LogP contribution is 2.24. The van der Waals surface area contributed by atoms with Crippen molar-refractivity contribution in [2.24, 2.45) is 11.7 Å². The first kappa shape index (κ1) is 13.1. The van der Waals surface area contributed by atoms with Crippen LogP contribution in [0.1, 0.15) is 31.4 Å². The van der Waals surface area contributed by atoms with Gasteiger partial charge >= 0.3 is 0 Å². The lowest BCUT2D eigenvalue weighted by atomic mass is 10.1. The van der Waals surface area contributed by atoms with Crippen molar-refractivity contribution < 1.29 is 0 Å². The van der Waals surface area contributed by atoms with E-state index in [9.17, 15) is 0 Å². The summed E-state index contributed by atoms with van der Waals surface area (Å²) in [6.07, 6.45) is 1.22. The Labute approximate surface area is 102 Å². The van der Waals surface area contributed by atoms with Gasteiger partial charge in [0, 0.05) is 16.2 Å². The summed E-state index contributed by atoms with van der Waals surface area (Å²) >= 11 is 1.88. The van der Waals surface area contributed by atoms with E-state index in [2.05, 4.69) is 26.0 Å². The Bertz CT molecular complexity index is 374. The van der Waals surface area contributed by atoms with Crippen LogP contribution in [-0.2, 0) is 0 Å². The third kappa shape index (κ3) is 3.56. The lowest BCUT2D eigenvalue weighted by Crippen LogP contribution is -2.12. The molecule has 0 bridgehead atoms. The molecule has 16 heavy (non-hydrogen) atoms. The third-order valence-corrected chi connectivity index (χ3v) is 4.04. The Morgan fingerprint density at radius 3 is 2.69 bits per heavy atom. The molecule has 0 amide bonds. The summed E-state index contributed by atoms with van der Waals surface area (Å²) < 4.78 is 0. The smallest absolute Gasteiger partial charge is 0.123 e. The van der Waals surface area contributed by atoms with Gasteiger partial charge in [-0.15, -0.1) is 11.8 Å². The maximum atomic E-state index is 7.42. The van der Waals surface area contributed by atoms with Crippen LogP contribution < -0.4 is 5.73 Å². The number of benzene rings is 1. The topological polar surface area (TPSA) is 49.9 Å². The van der Waals surface area contributed by atoms with E-state index in [0.717, 1.165) is 22.8 Å². The zero-order chi connectivity index (χ0) is 12.1. The summed E-state index contributed by atoms with van der Waals surface area (Å²) in [6, 6.07) is 6.11. The molecule has 0 aliphatic rings. The number of nitrogens with one attached hydrogen (secondary N) is 1. The van der Waals surface area contributed by atoms with Crippen LogP contribution >= 0.6 is 11.8 Å². The van der Waals surface area contributed by atoms with Crippen molar-refractivity contribution in [3.8, 4) is 0 Å². The first-order valence-electron chi connectivity index (χ1n) is 5.62. The number of hydrogen-bond acceptors (Lipinski definition) is 2. The zero-order valence-electron chi connectivity index (χ0n) is 10.2. The molecular weight excluding hydrogens is 216 g/mol. The highest BCUT2D eigenvalue weighted by Gasteiger charge is 2.04. The molecule has 0 heterocycles. The molecule has 1 atom stereocenters. The van der Waals surface area contributed by atoms with Crippen LogP contribution in [-0.4, -0.2) is 11.6 Å². The molecule has 1 aromatic rings. The molecule has 0 saturated heterocycles. The van der Waals surface area contributed by atoms with Gasteiger partial charge in [-0.05, 0) is 36.6 Å². The molecule has 3 heteroatoms. The molecule has 0 aromatic heterocycles. The zero-order valence-corrected chi connectivity index (χ0v) is 11.0. The van der Waals surface area contributed by atoms with Crippen LogP contribution in [0.3, 0.4) is 0 Å². The van der Waals surface area contributed by atoms with Gasteiger partial charge in [0.15, 0.2) is 0 Å². The van der Waals surface area contributed by atoms with Crippen molar-refractivity contribution in [1.29, 1.82) is 5.41 Å². The average Bonchev–Trinajstić information content (AvgIpc) is 2.25. The number of nitrogens with two attached hydrogens (primary N) is 1. The summed E-state index contributed by atoms with van der Waals surface area (Å²) in [7, 11) is 0. The lowest BCUT2D eigenvalue weighted by Gasteiger charge is -2.10. The number of hydrogen-bond donors (Lipinski definition) is 2. The molecule has 3 N–H and O–H groups in total. The molecule has 0 aliphatic carbocycles. The number of aryl methyl sites for hydroxylation is 1. The van der Waals surface area contributed by atoms with Crippen LogP contribution in [0, 0.1) is 18.3 Å². The second kappa shape index (κ2) is 5.94. The Hall–Kier alpha value is -0.960. The maximum absolute atomic E-state index is 7.42. The first-order valence-corrected chi connectivity index (χ1v) is 6.61. The fourth-order valence-electron chi connectivity index (χ4n) is 1.38. The van der Waals surface area contributed by atoms with E-state index in [0.29, 0.717) is 0 Å². The summed E-state index contributed by atoms with van der Waals surface area (Å²) in [5.41, 5.74) is 7.41. The van der Waals surface area contributed by atoms with E-state index in [-0.39, 0.29) is 5.84 Å². The molecule has 0 fully saturated rings. The minimum absolute atomic E-state index is 0.149. The molecule has 0 radical (unpaired) electrons. The van der Waals surface area contributed by atoms with Crippen molar-refractivity contribution in [3.05, 3.63) is 29.3 Å². The number of thioether (sulfide) groups is 1. The molecule has 0 saturated carbocycles. The normalized spacial score (nSPS) is 12.4. The van der Waals surface area contributed by atoms with Gasteiger partial charge in [-0.2, -0.15) is 0 Å². The van der Waals surface area contributed by atoms with E-state index in [4.69, 9.17) is 11.1 Å². The van der Waals surface area contributed by atoms with Gasteiger partial charge in [-0.3, -0.25) is 5.41 Å².